The fourth-order valence-corrected chi connectivity index (χ4v) is 2.96. The second kappa shape index (κ2) is 7.21. The molecule has 3 rings (SSSR count). The van der Waals surface area contributed by atoms with Gasteiger partial charge in [-0.25, -0.2) is 4.39 Å². The monoisotopic (exact) mass is 357 g/mol. The molecule has 0 saturated carbocycles. The Bertz CT molecular complexity index is 842. The first-order valence-corrected chi connectivity index (χ1v) is 8.29. The highest BCUT2D eigenvalue weighted by molar-refractivity contribution is 5.95. The number of nitrogens with two attached hydrogens (primary N) is 1. The molecule has 6 nitrogen and oxygen atoms in total. The Balaban J connectivity index is 1.77. The number of hydrogen-bond acceptors (Lipinski definition) is 4. The highest BCUT2D eigenvalue weighted by Gasteiger charge is 2.39. The van der Waals surface area contributed by atoms with Crippen LogP contribution in [0.25, 0.3) is 0 Å². The van der Waals surface area contributed by atoms with Gasteiger partial charge in [0.2, 0.25) is 0 Å². The number of primary amides is 1. The molecule has 2 heterocycles. The lowest BCUT2D eigenvalue weighted by Crippen LogP contribution is -2.58. The maximum atomic E-state index is 13.3. The molecule has 0 aliphatic carbocycles. The van der Waals surface area contributed by atoms with Crippen LogP contribution >= 0.6 is 0 Å². The Kier molecular flexibility index (Phi) is 4.99. The Hall–Kier alpha value is -2.80. The van der Waals surface area contributed by atoms with E-state index < -0.39 is 11.5 Å². The molecule has 1 saturated heterocycles. The first kappa shape index (κ1) is 18.0. The summed E-state index contributed by atoms with van der Waals surface area (Å²) in [5.41, 5.74) is 6.19. The number of pyridine rings is 1. The van der Waals surface area contributed by atoms with Crippen LogP contribution in [0.5, 0.6) is 0 Å². The zero-order valence-corrected chi connectivity index (χ0v) is 14.4. The third kappa shape index (κ3) is 3.88. The third-order valence-electron chi connectivity index (χ3n) is 4.42. The van der Waals surface area contributed by atoms with Crippen LogP contribution in [0.2, 0.25) is 0 Å². The number of rotatable bonds is 4. The van der Waals surface area contributed by atoms with E-state index in [1.165, 1.54) is 23.2 Å². The van der Waals surface area contributed by atoms with Crippen LogP contribution < -0.4 is 5.73 Å². The molecule has 1 atom stereocenters. The summed E-state index contributed by atoms with van der Waals surface area (Å²) in [4.78, 5) is 30.0. The molecule has 2 aromatic rings. The van der Waals surface area contributed by atoms with E-state index in [0.29, 0.717) is 18.5 Å². The lowest BCUT2D eigenvalue weighted by atomic mass is 10.0. The highest BCUT2D eigenvalue weighted by Crippen LogP contribution is 2.20. The van der Waals surface area contributed by atoms with Crippen LogP contribution in [0.15, 0.2) is 42.7 Å². The lowest BCUT2D eigenvalue weighted by molar-refractivity contribution is -0.150. The Morgan fingerprint density at radius 1 is 1.31 bits per heavy atom. The van der Waals surface area contributed by atoms with Gasteiger partial charge in [0.25, 0.3) is 11.8 Å². The number of carbonyl (C=O) groups is 2. The normalized spacial score (nSPS) is 20.0. The van der Waals surface area contributed by atoms with Crippen LogP contribution in [0, 0.1) is 5.82 Å². The first-order valence-electron chi connectivity index (χ1n) is 8.29. The molecule has 2 N–H and O–H groups in total. The standard InChI is InChI=1S/C19H20FN3O3/c1-19(18(21)25)12-23(5-6-26-19)17(24)15-8-14(10-22-11-15)7-13-3-2-4-16(20)9-13/h2-4,8-11H,5-7,12H2,1H3,(H2,21,25)/t19-/m0/s1. The number of aromatic nitrogens is 1. The van der Waals surface area contributed by atoms with E-state index in [-0.39, 0.29) is 24.9 Å². The number of nitrogens with zero attached hydrogens (tertiary/aromatic N) is 2. The molecule has 1 aromatic carbocycles. The van der Waals surface area contributed by atoms with Crippen LogP contribution in [-0.2, 0) is 16.0 Å². The molecule has 26 heavy (non-hydrogen) atoms. The largest absolute Gasteiger partial charge is 0.367 e. The van der Waals surface area contributed by atoms with Gasteiger partial charge in [0, 0.05) is 18.9 Å². The molecule has 0 bridgehead atoms. The van der Waals surface area contributed by atoms with E-state index in [1.54, 1.807) is 25.3 Å². The van der Waals surface area contributed by atoms with Crippen molar-refractivity contribution in [2.45, 2.75) is 18.9 Å². The minimum absolute atomic E-state index is 0.0926. The minimum Gasteiger partial charge on any atom is -0.367 e. The van der Waals surface area contributed by atoms with Gasteiger partial charge < -0.3 is 15.4 Å². The van der Waals surface area contributed by atoms with Crippen molar-refractivity contribution in [3.63, 3.8) is 0 Å². The number of ether oxygens (including phenoxy) is 1. The predicted molar refractivity (Wildman–Crippen MR) is 92.9 cm³/mol. The number of halogens is 1. The van der Waals surface area contributed by atoms with Crippen molar-refractivity contribution in [3.8, 4) is 0 Å². The number of morpholine rings is 1. The average Bonchev–Trinajstić information content (AvgIpc) is 2.61. The van der Waals surface area contributed by atoms with E-state index in [4.69, 9.17) is 10.5 Å². The quantitative estimate of drug-likeness (QED) is 0.899. The zero-order chi connectivity index (χ0) is 18.7. The SMILES string of the molecule is C[C@@]1(C(N)=O)CN(C(=O)c2cncc(Cc3cccc(F)c3)c2)CCO1. The van der Waals surface area contributed by atoms with Crippen LogP contribution in [0.4, 0.5) is 4.39 Å². The van der Waals surface area contributed by atoms with Gasteiger partial charge in [0.15, 0.2) is 5.60 Å². The van der Waals surface area contributed by atoms with Crippen molar-refractivity contribution in [2.24, 2.45) is 5.73 Å². The van der Waals surface area contributed by atoms with Gasteiger partial charge in [-0.15, -0.1) is 0 Å². The summed E-state index contributed by atoms with van der Waals surface area (Å²) in [6.07, 6.45) is 3.59. The molecular weight excluding hydrogens is 337 g/mol. The fraction of sp³-hybridized carbons (Fsp3) is 0.316. The summed E-state index contributed by atoms with van der Waals surface area (Å²) in [5.74, 6) is -1.15. The minimum atomic E-state index is -1.19. The predicted octanol–water partition coefficient (Wildman–Crippen LogP) is 1.53. The molecule has 1 aliphatic heterocycles. The third-order valence-corrected chi connectivity index (χ3v) is 4.42. The summed E-state index contributed by atoms with van der Waals surface area (Å²) in [7, 11) is 0. The van der Waals surface area contributed by atoms with Crippen molar-refractivity contribution >= 4 is 11.8 Å². The number of hydrogen-bond donors (Lipinski definition) is 1. The number of amides is 2. The van der Waals surface area contributed by atoms with Crippen molar-refractivity contribution in [3.05, 3.63) is 65.2 Å². The smallest absolute Gasteiger partial charge is 0.255 e. The summed E-state index contributed by atoms with van der Waals surface area (Å²) in [5, 5.41) is 0. The number of carbonyl (C=O) groups excluding carboxylic acids is 2. The molecule has 0 spiro atoms. The van der Waals surface area contributed by atoms with E-state index in [1.807, 2.05) is 6.07 Å². The van der Waals surface area contributed by atoms with Crippen LogP contribution in [0.1, 0.15) is 28.4 Å². The zero-order valence-electron chi connectivity index (χ0n) is 14.4. The summed E-state index contributed by atoms with van der Waals surface area (Å²) in [6.45, 7) is 2.28. The second-order valence-corrected chi connectivity index (χ2v) is 6.56. The van der Waals surface area contributed by atoms with E-state index in [2.05, 4.69) is 4.98 Å². The van der Waals surface area contributed by atoms with Gasteiger partial charge in [0.05, 0.1) is 18.7 Å². The maximum absolute atomic E-state index is 13.3. The van der Waals surface area contributed by atoms with Gasteiger partial charge in [-0.1, -0.05) is 12.1 Å². The van der Waals surface area contributed by atoms with E-state index in [9.17, 15) is 14.0 Å². The van der Waals surface area contributed by atoms with Gasteiger partial charge in [-0.2, -0.15) is 0 Å². The summed E-state index contributed by atoms with van der Waals surface area (Å²) >= 11 is 0. The van der Waals surface area contributed by atoms with Crippen LogP contribution in [0.3, 0.4) is 0 Å². The van der Waals surface area contributed by atoms with E-state index >= 15 is 0 Å². The first-order chi connectivity index (χ1) is 12.4. The molecule has 1 fully saturated rings. The summed E-state index contributed by atoms with van der Waals surface area (Å²) in [6, 6.07) is 8.03. The Labute approximate surface area is 150 Å². The molecule has 0 unspecified atom stereocenters. The van der Waals surface area contributed by atoms with Crippen molar-refractivity contribution in [2.75, 3.05) is 19.7 Å². The van der Waals surface area contributed by atoms with Crippen molar-refractivity contribution < 1.29 is 18.7 Å². The van der Waals surface area contributed by atoms with Crippen molar-refractivity contribution in [1.82, 2.24) is 9.88 Å². The van der Waals surface area contributed by atoms with Gasteiger partial charge in [-0.3, -0.25) is 14.6 Å². The maximum Gasteiger partial charge on any atom is 0.255 e. The molecule has 136 valence electrons. The Morgan fingerprint density at radius 2 is 2.12 bits per heavy atom. The second-order valence-electron chi connectivity index (χ2n) is 6.56. The molecule has 7 heteroatoms. The van der Waals surface area contributed by atoms with Gasteiger partial charge in [-0.05, 0) is 42.7 Å². The number of benzene rings is 1. The average molecular weight is 357 g/mol. The lowest BCUT2D eigenvalue weighted by Gasteiger charge is -2.38. The molecule has 1 aromatic heterocycles. The molecular formula is C19H20FN3O3. The van der Waals surface area contributed by atoms with Crippen LogP contribution in [-0.4, -0.2) is 47.0 Å². The van der Waals surface area contributed by atoms with Gasteiger partial charge in [0.1, 0.15) is 5.82 Å². The molecule has 0 radical (unpaired) electrons. The fourth-order valence-electron chi connectivity index (χ4n) is 2.96. The van der Waals surface area contributed by atoms with E-state index in [0.717, 1.165) is 11.1 Å². The van der Waals surface area contributed by atoms with Crippen molar-refractivity contribution in [1.29, 1.82) is 0 Å². The Morgan fingerprint density at radius 3 is 2.85 bits per heavy atom. The van der Waals surface area contributed by atoms with Gasteiger partial charge >= 0.3 is 0 Å². The molecule has 2 amide bonds. The highest BCUT2D eigenvalue weighted by atomic mass is 19.1. The molecule has 1 aliphatic rings. The summed E-state index contributed by atoms with van der Waals surface area (Å²) < 4.78 is 18.8. The topological polar surface area (TPSA) is 85.5 Å².